The summed E-state index contributed by atoms with van der Waals surface area (Å²) in [6.07, 6.45) is 9.84. The van der Waals surface area contributed by atoms with Gasteiger partial charge in [0.15, 0.2) is 0 Å². The molecule has 39 heavy (non-hydrogen) atoms. The molecule has 1 aliphatic carbocycles. The van der Waals surface area contributed by atoms with Gasteiger partial charge >= 0.3 is 6.09 Å². The van der Waals surface area contributed by atoms with E-state index in [4.69, 9.17) is 11.2 Å². The van der Waals surface area contributed by atoms with Crippen LogP contribution in [0.1, 0.15) is 70.0 Å². The third-order valence-electron chi connectivity index (χ3n) is 6.41. The summed E-state index contributed by atoms with van der Waals surface area (Å²) in [5.74, 6) is -1.08. The Morgan fingerprint density at radius 3 is 2.10 bits per heavy atom. The van der Waals surface area contributed by atoms with Gasteiger partial charge in [-0.1, -0.05) is 50.0 Å². The summed E-state index contributed by atoms with van der Waals surface area (Å²) >= 11 is 0. The number of aromatic hydroxyl groups is 2. The molecule has 1 saturated carbocycles. The topological polar surface area (TPSA) is 128 Å². The third-order valence-corrected chi connectivity index (χ3v) is 6.41. The van der Waals surface area contributed by atoms with Crippen LogP contribution in [0.15, 0.2) is 48.5 Å². The second kappa shape index (κ2) is 13.1. The highest BCUT2D eigenvalue weighted by Gasteiger charge is 2.37. The number of rotatable bonds is 8. The maximum absolute atomic E-state index is 14.0. The lowest BCUT2D eigenvalue weighted by atomic mass is 9.94. The van der Waals surface area contributed by atoms with Crippen LogP contribution in [0, 0.1) is 12.5 Å². The number of alkyl carbamates (subject to hydrolysis) is 1. The van der Waals surface area contributed by atoms with Gasteiger partial charge in [-0.15, -0.1) is 0 Å². The first-order chi connectivity index (χ1) is 18.5. The molecule has 0 heterocycles. The van der Waals surface area contributed by atoms with Crippen molar-refractivity contribution in [3.8, 4) is 24.0 Å². The normalized spacial score (nSPS) is 15.3. The molecular formula is C30H37N3O6. The van der Waals surface area contributed by atoms with Gasteiger partial charge in [0.1, 0.15) is 29.2 Å². The van der Waals surface area contributed by atoms with Crippen LogP contribution in [-0.4, -0.2) is 50.7 Å². The Hall–Kier alpha value is -4.19. The molecule has 2 aromatic rings. The average Bonchev–Trinajstić information content (AvgIpc) is 2.88. The lowest BCUT2D eigenvalue weighted by Crippen LogP contribution is -2.53. The Balaban J connectivity index is 1.95. The Morgan fingerprint density at radius 1 is 1.00 bits per heavy atom. The van der Waals surface area contributed by atoms with E-state index < -0.39 is 35.6 Å². The number of amides is 3. The molecule has 0 saturated heterocycles. The molecule has 2 atom stereocenters. The van der Waals surface area contributed by atoms with Crippen molar-refractivity contribution >= 4 is 17.9 Å². The predicted molar refractivity (Wildman–Crippen MR) is 147 cm³/mol. The Bertz CT molecular complexity index is 1180. The number of ether oxygens (including phenoxy) is 1. The minimum Gasteiger partial charge on any atom is -0.508 e. The highest BCUT2D eigenvalue weighted by atomic mass is 16.6. The fourth-order valence-corrected chi connectivity index (χ4v) is 4.55. The zero-order valence-corrected chi connectivity index (χ0v) is 22.6. The van der Waals surface area contributed by atoms with E-state index >= 15 is 0 Å². The second-order valence-corrected chi connectivity index (χ2v) is 10.7. The molecule has 0 aromatic heterocycles. The molecule has 1 fully saturated rings. The van der Waals surface area contributed by atoms with Gasteiger partial charge in [0, 0.05) is 18.5 Å². The first-order valence-electron chi connectivity index (χ1n) is 13.1. The lowest BCUT2D eigenvalue weighted by Gasteiger charge is -2.32. The van der Waals surface area contributed by atoms with Crippen molar-refractivity contribution in [3.63, 3.8) is 0 Å². The van der Waals surface area contributed by atoms with Gasteiger partial charge in [0.25, 0.3) is 5.91 Å². The van der Waals surface area contributed by atoms with Gasteiger partial charge in [-0.25, -0.2) is 4.79 Å². The second-order valence-electron chi connectivity index (χ2n) is 10.7. The van der Waals surface area contributed by atoms with Crippen LogP contribution >= 0.6 is 0 Å². The van der Waals surface area contributed by atoms with Gasteiger partial charge < -0.3 is 25.6 Å². The van der Waals surface area contributed by atoms with E-state index in [1.165, 1.54) is 36.4 Å². The smallest absolute Gasteiger partial charge is 0.408 e. The standard InChI is InChI=1S/C30H37N3O6/c1-5-33(26(21-13-17-24(35)18-14-21)27(36)31-22-9-7-6-8-10-22)28(37)25(32-29(38)39-30(2,3)4)19-20-11-15-23(34)16-12-20/h1,11-18,22,25-26,34-35H,6-10,19H2,2-4H3,(H,31,36)(H,32,38). The monoisotopic (exact) mass is 535 g/mol. The summed E-state index contributed by atoms with van der Waals surface area (Å²) in [4.78, 5) is 41.3. The van der Waals surface area contributed by atoms with E-state index in [1.807, 2.05) is 0 Å². The Morgan fingerprint density at radius 2 is 1.56 bits per heavy atom. The predicted octanol–water partition coefficient (Wildman–Crippen LogP) is 4.14. The van der Waals surface area contributed by atoms with Crippen molar-refractivity contribution in [2.75, 3.05) is 0 Å². The van der Waals surface area contributed by atoms with Crippen molar-refractivity contribution in [2.45, 2.75) is 83.0 Å². The number of phenols is 2. The van der Waals surface area contributed by atoms with Gasteiger partial charge in [-0.2, -0.15) is 0 Å². The third kappa shape index (κ3) is 8.67. The van der Waals surface area contributed by atoms with Gasteiger partial charge in [0.2, 0.25) is 5.91 Å². The number of nitrogens with zero attached hydrogens (tertiary/aromatic N) is 1. The van der Waals surface area contributed by atoms with E-state index in [2.05, 4.69) is 16.7 Å². The van der Waals surface area contributed by atoms with E-state index in [0.717, 1.165) is 37.0 Å². The largest absolute Gasteiger partial charge is 0.508 e. The molecule has 0 aliphatic heterocycles. The molecule has 0 radical (unpaired) electrons. The summed E-state index contributed by atoms with van der Waals surface area (Å²) in [7, 11) is 0. The first kappa shape index (κ1) is 29.4. The number of hydrogen-bond acceptors (Lipinski definition) is 6. The molecule has 0 spiro atoms. The summed E-state index contributed by atoms with van der Waals surface area (Å²) in [5, 5.41) is 25.1. The Kier molecular flexibility index (Phi) is 9.83. The average molecular weight is 536 g/mol. The fraction of sp³-hybridized carbons (Fsp3) is 0.433. The first-order valence-corrected chi connectivity index (χ1v) is 13.1. The van der Waals surface area contributed by atoms with Crippen molar-refractivity contribution in [1.82, 2.24) is 15.5 Å². The van der Waals surface area contributed by atoms with Crippen LogP contribution in [0.5, 0.6) is 11.5 Å². The molecule has 9 heteroatoms. The van der Waals surface area contributed by atoms with Crippen LogP contribution in [0.25, 0.3) is 0 Å². The maximum atomic E-state index is 14.0. The molecule has 9 nitrogen and oxygen atoms in total. The van der Waals surface area contributed by atoms with E-state index in [-0.39, 0.29) is 24.0 Å². The van der Waals surface area contributed by atoms with Crippen LogP contribution in [0.4, 0.5) is 4.79 Å². The summed E-state index contributed by atoms with van der Waals surface area (Å²) in [5.41, 5.74) is 0.247. The molecule has 2 aromatic carbocycles. The Labute approximate surface area is 229 Å². The van der Waals surface area contributed by atoms with Crippen molar-refractivity contribution in [2.24, 2.45) is 0 Å². The molecule has 0 bridgehead atoms. The highest BCUT2D eigenvalue weighted by Crippen LogP contribution is 2.26. The van der Waals surface area contributed by atoms with Gasteiger partial charge in [-0.05, 0) is 69.0 Å². The van der Waals surface area contributed by atoms with Crippen molar-refractivity contribution in [3.05, 3.63) is 59.7 Å². The summed E-state index contributed by atoms with van der Waals surface area (Å²) < 4.78 is 5.38. The zero-order chi connectivity index (χ0) is 28.6. The molecule has 4 N–H and O–H groups in total. The maximum Gasteiger partial charge on any atom is 0.408 e. The van der Waals surface area contributed by atoms with Gasteiger partial charge in [0.05, 0.1) is 0 Å². The summed E-state index contributed by atoms with van der Waals surface area (Å²) in [6, 6.07) is 12.0. The number of carbonyl (C=O) groups is 3. The number of nitrogens with one attached hydrogen (secondary N) is 2. The molecule has 2 unspecified atom stereocenters. The van der Waals surface area contributed by atoms with Gasteiger partial charge in [-0.3, -0.25) is 14.5 Å². The van der Waals surface area contributed by atoms with Crippen molar-refractivity contribution < 1.29 is 29.3 Å². The van der Waals surface area contributed by atoms with Crippen LogP contribution in [0.3, 0.4) is 0 Å². The lowest BCUT2D eigenvalue weighted by molar-refractivity contribution is -0.139. The quantitative estimate of drug-likeness (QED) is 0.297. The SMILES string of the molecule is C#CN(C(=O)C(Cc1ccc(O)cc1)NC(=O)OC(C)(C)C)C(C(=O)NC1CCCCC1)c1ccc(O)cc1. The van der Waals surface area contributed by atoms with E-state index in [9.17, 15) is 24.6 Å². The molecule has 1 aliphatic rings. The van der Waals surface area contributed by atoms with Crippen molar-refractivity contribution in [1.29, 1.82) is 0 Å². The molecular weight excluding hydrogens is 498 g/mol. The molecule has 3 amide bonds. The van der Waals surface area contributed by atoms with Crippen LogP contribution < -0.4 is 10.6 Å². The number of terminal acetylenes is 1. The summed E-state index contributed by atoms with van der Waals surface area (Å²) in [6.45, 7) is 5.11. The minimum absolute atomic E-state index is 0.000530. The van der Waals surface area contributed by atoms with Crippen LogP contribution in [0.2, 0.25) is 0 Å². The number of hydrogen-bond donors (Lipinski definition) is 4. The van der Waals surface area contributed by atoms with Crippen LogP contribution in [-0.2, 0) is 20.7 Å². The van der Waals surface area contributed by atoms with E-state index in [0.29, 0.717) is 11.1 Å². The molecule has 208 valence electrons. The minimum atomic E-state index is -1.20. The number of phenolic OH excluding ortho intramolecular Hbond substituents is 2. The van der Waals surface area contributed by atoms with E-state index in [1.54, 1.807) is 32.9 Å². The number of carbonyl (C=O) groups excluding carboxylic acids is 3. The zero-order valence-electron chi connectivity index (χ0n) is 22.6. The molecule has 3 rings (SSSR count). The highest BCUT2D eigenvalue weighted by molar-refractivity contribution is 5.93. The number of benzene rings is 2. The fourth-order valence-electron chi connectivity index (χ4n) is 4.55.